The van der Waals surface area contributed by atoms with Gasteiger partial charge in [0.15, 0.2) is 0 Å². The lowest BCUT2D eigenvalue weighted by Crippen LogP contribution is -2.33. The molecule has 1 rings (SSSR count). The van der Waals surface area contributed by atoms with E-state index in [2.05, 4.69) is 11.8 Å². The van der Waals surface area contributed by atoms with Gasteiger partial charge in [0.1, 0.15) is 6.10 Å². The van der Waals surface area contributed by atoms with Crippen molar-refractivity contribution in [1.29, 1.82) is 0 Å². The molecule has 0 saturated heterocycles. The van der Waals surface area contributed by atoms with E-state index in [1.807, 2.05) is 51.4 Å². The normalized spacial score (nSPS) is 13.6. The lowest BCUT2D eigenvalue weighted by Gasteiger charge is -2.29. The number of benzene rings is 1. The summed E-state index contributed by atoms with van der Waals surface area (Å²) in [5.41, 5.74) is 1.04. The summed E-state index contributed by atoms with van der Waals surface area (Å²) in [4.78, 5) is 13.5. The molecule has 0 bridgehead atoms. The minimum Gasteiger partial charge on any atom is -0.456 e. The smallest absolute Gasteiger partial charge is 0.306 e. The van der Waals surface area contributed by atoms with Crippen molar-refractivity contribution in [3.63, 3.8) is 0 Å². The zero-order chi connectivity index (χ0) is 12.8. The first-order chi connectivity index (χ1) is 8.06. The van der Waals surface area contributed by atoms with Gasteiger partial charge in [-0.15, -0.1) is 12.4 Å². The third-order valence-electron chi connectivity index (χ3n) is 2.93. The van der Waals surface area contributed by atoms with Crippen molar-refractivity contribution in [2.75, 3.05) is 14.1 Å². The van der Waals surface area contributed by atoms with Crippen molar-refractivity contribution in [2.45, 2.75) is 32.4 Å². The van der Waals surface area contributed by atoms with Gasteiger partial charge in [0.25, 0.3) is 0 Å². The monoisotopic (exact) mass is 271 g/mol. The number of esters is 1. The third-order valence-corrected chi connectivity index (χ3v) is 2.93. The molecular formula is C14H22ClNO2. The van der Waals surface area contributed by atoms with Gasteiger partial charge in [-0.1, -0.05) is 37.3 Å². The number of hydrogen-bond donors (Lipinski definition) is 0. The van der Waals surface area contributed by atoms with Gasteiger partial charge in [0, 0.05) is 12.5 Å². The van der Waals surface area contributed by atoms with Crippen LogP contribution >= 0.6 is 12.4 Å². The minimum atomic E-state index is -0.210. The van der Waals surface area contributed by atoms with Crippen LogP contribution in [0.5, 0.6) is 0 Å². The van der Waals surface area contributed by atoms with Crippen LogP contribution in [-0.4, -0.2) is 31.0 Å². The molecule has 0 heterocycles. The van der Waals surface area contributed by atoms with Crippen LogP contribution in [0, 0.1) is 0 Å². The van der Waals surface area contributed by atoms with Crippen molar-refractivity contribution in [3.05, 3.63) is 35.9 Å². The molecule has 1 aromatic carbocycles. The molecule has 1 aromatic rings. The van der Waals surface area contributed by atoms with Crippen molar-refractivity contribution in [2.24, 2.45) is 0 Å². The Morgan fingerprint density at radius 3 is 2.28 bits per heavy atom. The van der Waals surface area contributed by atoms with Crippen molar-refractivity contribution in [1.82, 2.24) is 4.90 Å². The largest absolute Gasteiger partial charge is 0.456 e. The second-order valence-corrected chi connectivity index (χ2v) is 4.38. The summed E-state index contributed by atoms with van der Waals surface area (Å²) in [7, 11) is 3.97. The van der Waals surface area contributed by atoms with E-state index in [0.717, 1.165) is 5.56 Å². The summed E-state index contributed by atoms with van der Waals surface area (Å²) in [5.74, 6) is -0.160. The topological polar surface area (TPSA) is 29.5 Å². The second-order valence-electron chi connectivity index (χ2n) is 4.38. The second kappa shape index (κ2) is 8.11. The Labute approximate surface area is 116 Å². The third kappa shape index (κ3) is 4.67. The molecule has 0 aliphatic rings. The Hall–Kier alpha value is -1.06. The Balaban J connectivity index is 0.00000289. The highest BCUT2D eigenvalue weighted by atomic mass is 35.5. The summed E-state index contributed by atoms with van der Waals surface area (Å²) < 4.78 is 5.53. The first kappa shape index (κ1) is 16.9. The molecule has 2 atom stereocenters. The minimum absolute atomic E-state index is 0. The number of ether oxygens (including phenoxy) is 1. The van der Waals surface area contributed by atoms with Crippen LogP contribution in [0.25, 0.3) is 0 Å². The van der Waals surface area contributed by atoms with Gasteiger partial charge in [0.05, 0.1) is 0 Å². The van der Waals surface area contributed by atoms with Crippen LogP contribution in [0.1, 0.15) is 31.9 Å². The van der Waals surface area contributed by atoms with Crippen molar-refractivity contribution in [3.8, 4) is 0 Å². The molecule has 0 radical (unpaired) electrons. The number of nitrogens with zero attached hydrogens (tertiary/aromatic N) is 1. The standard InChI is InChI=1S/C14H21NO2.ClH/c1-5-13(16)17-14(11(2)15(3)4)12-9-7-6-8-10-12;/h6-11,14H,5H2,1-4H3;1H. The van der Waals surface area contributed by atoms with Gasteiger partial charge in [0.2, 0.25) is 0 Å². The van der Waals surface area contributed by atoms with Crippen LogP contribution in [0.2, 0.25) is 0 Å². The van der Waals surface area contributed by atoms with Crippen molar-refractivity contribution < 1.29 is 9.53 Å². The number of rotatable bonds is 5. The maximum absolute atomic E-state index is 11.5. The molecule has 0 saturated carbocycles. The Morgan fingerprint density at radius 1 is 1.28 bits per heavy atom. The molecule has 0 aliphatic heterocycles. The van der Waals surface area contributed by atoms with E-state index in [1.54, 1.807) is 0 Å². The van der Waals surface area contributed by atoms with Gasteiger partial charge in [-0.3, -0.25) is 4.79 Å². The molecule has 0 spiro atoms. The average Bonchev–Trinajstić information content (AvgIpc) is 2.35. The molecule has 0 amide bonds. The lowest BCUT2D eigenvalue weighted by molar-refractivity contribution is -0.152. The summed E-state index contributed by atoms with van der Waals surface area (Å²) in [6.45, 7) is 3.87. The molecule has 0 aromatic heterocycles. The van der Waals surface area contributed by atoms with Crippen LogP contribution in [0.3, 0.4) is 0 Å². The number of hydrogen-bond acceptors (Lipinski definition) is 3. The van der Waals surface area contributed by atoms with Crippen LogP contribution in [0.15, 0.2) is 30.3 Å². The zero-order valence-electron chi connectivity index (χ0n) is 11.4. The van der Waals surface area contributed by atoms with E-state index in [9.17, 15) is 4.79 Å². The summed E-state index contributed by atoms with van der Waals surface area (Å²) in [6, 6.07) is 10.0. The van der Waals surface area contributed by atoms with Crippen molar-refractivity contribution >= 4 is 18.4 Å². The highest BCUT2D eigenvalue weighted by Crippen LogP contribution is 2.24. The number of carbonyl (C=O) groups excluding carboxylic acids is 1. The maximum atomic E-state index is 11.5. The Bertz CT molecular complexity index is 354. The van der Waals surface area contributed by atoms with Gasteiger partial charge in [-0.25, -0.2) is 0 Å². The molecule has 0 aliphatic carbocycles. The summed E-state index contributed by atoms with van der Waals surface area (Å²) in [5, 5.41) is 0. The highest BCUT2D eigenvalue weighted by Gasteiger charge is 2.24. The van der Waals surface area contributed by atoms with Crippen LogP contribution in [0.4, 0.5) is 0 Å². The zero-order valence-corrected chi connectivity index (χ0v) is 12.2. The highest BCUT2D eigenvalue weighted by molar-refractivity contribution is 5.85. The number of carbonyl (C=O) groups is 1. The summed E-state index contributed by atoms with van der Waals surface area (Å²) >= 11 is 0. The van der Waals surface area contributed by atoms with E-state index >= 15 is 0 Å². The molecule has 0 fully saturated rings. The molecule has 3 nitrogen and oxygen atoms in total. The van der Waals surface area contributed by atoms with E-state index in [1.165, 1.54) is 0 Å². The molecule has 0 N–H and O–H groups in total. The van der Waals surface area contributed by atoms with Gasteiger partial charge in [-0.05, 0) is 26.6 Å². The molecule has 2 unspecified atom stereocenters. The Morgan fingerprint density at radius 2 is 1.83 bits per heavy atom. The van der Waals surface area contributed by atoms with Gasteiger partial charge < -0.3 is 9.64 Å². The SMILES string of the molecule is CCC(=O)OC(c1ccccc1)C(C)N(C)C.Cl. The molecule has 18 heavy (non-hydrogen) atoms. The predicted octanol–water partition coefficient (Wildman–Crippen LogP) is 3.05. The Kier molecular flexibility index (Phi) is 7.64. The fraction of sp³-hybridized carbons (Fsp3) is 0.500. The molecule has 102 valence electrons. The maximum Gasteiger partial charge on any atom is 0.306 e. The fourth-order valence-electron chi connectivity index (χ4n) is 1.58. The fourth-order valence-corrected chi connectivity index (χ4v) is 1.58. The first-order valence-electron chi connectivity index (χ1n) is 5.97. The van der Waals surface area contributed by atoms with E-state index in [4.69, 9.17) is 4.74 Å². The van der Waals surface area contributed by atoms with E-state index in [0.29, 0.717) is 6.42 Å². The molecule has 4 heteroatoms. The number of likely N-dealkylation sites (N-methyl/N-ethyl adjacent to an activating group) is 1. The summed E-state index contributed by atoms with van der Waals surface area (Å²) in [6.07, 6.45) is 0.197. The van der Waals surface area contributed by atoms with Gasteiger partial charge in [-0.2, -0.15) is 0 Å². The van der Waals surface area contributed by atoms with Crippen LogP contribution < -0.4 is 0 Å². The van der Waals surface area contributed by atoms with E-state index < -0.39 is 0 Å². The quantitative estimate of drug-likeness (QED) is 0.771. The van der Waals surface area contributed by atoms with E-state index in [-0.39, 0.29) is 30.5 Å². The predicted molar refractivity (Wildman–Crippen MR) is 76.0 cm³/mol. The average molecular weight is 272 g/mol. The van der Waals surface area contributed by atoms with Crippen LogP contribution in [-0.2, 0) is 9.53 Å². The number of halogens is 1. The first-order valence-corrected chi connectivity index (χ1v) is 5.97. The molecular weight excluding hydrogens is 250 g/mol. The van der Waals surface area contributed by atoms with Gasteiger partial charge >= 0.3 is 5.97 Å². The lowest BCUT2D eigenvalue weighted by atomic mass is 10.0.